The standard InChI is InChI=1S/C30H31N7O2.C10H19NO2/c31-28(38)23-15-17-36(18-16-23)27-14-13-22-5-1-4-8-26(22)37(30(27)39)19-20-9-11-21(12-10-20)24-6-2-3-7-25(24)29-32-34-35-33-29;1-10(2,3)13-9(12)11-7-5-4-6-8-11/h1-12,23,27H,13-19H2,(H2,31,38)(H,32,33,34,35);4-8H2,1-3H3. The number of nitrogens with two attached hydrogens (primary N) is 1. The maximum atomic E-state index is 14.1. The molecule has 3 aromatic carbocycles. The molecule has 1 aromatic heterocycles. The maximum absolute atomic E-state index is 14.1. The maximum Gasteiger partial charge on any atom is 0.410 e. The van der Waals surface area contributed by atoms with Gasteiger partial charge in [-0.25, -0.2) is 4.79 Å². The average molecular weight is 707 g/mol. The number of benzene rings is 3. The zero-order valence-electron chi connectivity index (χ0n) is 30.5. The van der Waals surface area contributed by atoms with Crippen LogP contribution in [0.3, 0.4) is 0 Å². The summed E-state index contributed by atoms with van der Waals surface area (Å²) in [6, 6.07) is 24.3. The van der Waals surface area contributed by atoms with E-state index in [1.165, 1.54) is 12.0 Å². The molecule has 0 aliphatic carbocycles. The van der Waals surface area contributed by atoms with Gasteiger partial charge in [0.25, 0.3) is 0 Å². The number of hydrogen-bond acceptors (Lipinski definition) is 8. The summed E-state index contributed by atoms with van der Waals surface area (Å²) in [5.74, 6) is 0.328. The molecule has 3 aliphatic rings. The Labute approximate surface area is 305 Å². The number of carbonyl (C=O) groups is 3. The number of carbonyl (C=O) groups excluding carboxylic acids is 3. The number of likely N-dealkylation sites (tertiary alicyclic amines) is 2. The zero-order valence-corrected chi connectivity index (χ0v) is 30.5. The number of fused-ring (bicyclic) bond motifs is 1. The minimum atomic E-state index is -0.367. The summed E-state index contributed by atoms with van der Waals surface area (Å²) in [7, 11) is 0. The molecular weight excluding hydrogens is 656 g/mol. The molecule has 12 nitrogen and oxygen atoms in total. The molecule has 0 radical (unpaired) electrons. The second kappa shape index (κ2) is 16.5. The van der Waals surface area contributed by atoms with Crippen LogP contribution < -0.4 is 10.6 Å². The van der Waals surface area contributed by atoms with Crippen molar-refractivity contribution in [3.8, 4) is 22.5 Å². The summed E-state index contributed by atoms with van der Waals surface area (Å²) in [6.45, 7) is 9.31. The number of nitrogens with one attached hydrogen (secondary N) is 1. The fraction of sp³-hybridized carbons (Fsp3) is 0.450. The molecule has 3 aliphatic heterocycles. The van der Waals surface area contributed by atoms with Gasteiger partial charge in [0.15, 0.2) is 0 Å². The monoisotopic (exact) mass is 706 g/mol. The zero-order chi connectivity index (χ0) is 36.7. The molecule has 2 saturated heterocycles. The first-order valence-electron chi connectivity index (χ1n) is 18.4. The van der Waals surface area contributed by atoms with E-state index in [1.807, 2.05) is 68.1 Å². The lowest BCUT2D eigenvalue weighted by Crippen LogP contribution is -2.51. The van der Waals surface area contributed by atoms with Crippen LogP contribution in [0.25, 0.3) is 22.5 Å². The van der Waals surface area contributed by atoms with Crippen LogP contribution >= 0.6 is 0 Å². The Morgan fingerprint density at radius 3 is 2.19 bits per heavy atom. The van der Waals surface area contributed by atoms with Gasteiger partial charge in [0.1, 0.15) is 5.60 Å². The highest BCUT2D eigenvalue weighted by Crippen LogP contribution is 2.33. The Hall–Kier alpha value is -5.10. The highest BCUT2D eigenvalue weighted by molar-refractivity contribution is 5.98. The number of aryl methyl sites for hydroxylation is 1. The van der Waals surface area contributed by atoms with Gasteiger partial charge in [-0.05, 0) is 112 Å². The van der Waals surface area contributed by atoms with Crippen molar-refractivity contribution < 1.29 is 19.1 Å². The number of anilines is 1. The van der Waals surface area contributed by atoms with Crippen molar-refractivity contribution >= 4 is 23.6 Å². The molecule has 4 aromatic rings. The van der Waals surface area contributed by atoms with Crippen molar-refractivity contribution in [2.45, 2.75) is 83.9 Å². The SMILES string of the molecule is CC(C)(C)OC(=O)N1CCCCC1.NC(=O)C1CCN(C2CCc3ccccc3N(Cc3ccc(-c4ccccc4-c4nn[nH]n4)cc3)C2=O)CC1. The van der Waals surface area contributed by atoms with Crippen LogP contribution in [0, 0.1) is 5.92 Å². The largest absolute Gasteiger partial charge is 0.444 e. The third kappa shape index (κ3) is 9.03. The fourth-order valence-corrected chi connectivity index (χ4v) is 7.28. The molecule has 3 N–H and O–H groups in total. The van der Waals surface area contributed by atoms with Crippen molar-refractivity contribution in [3.63, 3.8) is 0 Å². The highest BCUT2D eigenvalue weighted by atomic mass is 16.6. The number of aromatic nitrogens is 4. The van der Waals surface area contributed by atoms with E-state index in [0.29, 0.717) is 38.3 Å². The van der Waals surface area contributed by atoms with Crippen molar-refractivity contribution in [3.05, 3.63) is 83.9 Å². The van der Waals surface area contributed by atoms with Gasteiger partial charge in [-0.1, -0.05) is 66.7 Å². The molecule has 0 spiro atoms. The van der Waals surface area contributed by atoms with Gasteiger partial charge in [0, 0.05) is 30.3 Å². The minimum Gasteiger partial charge on any atom is -0.444 e. The highest BCUT2D eigenvalue weighted by Gasteiger charge is 2.36. The summed E-state index contributed by atoms with van der Waals surface area (Å²) < 4.78 is 5.26. The van der Waals surface area contributed by atoms with Gasteiger partial charge >= 0.3 is 6.09 Å². The van der Waals surface area contributed by atoms with E-state index in [9.17, 15) is 14.4 Å². The number of rotatable bonds is 6. The summed E-state index contributed by atoms with van der Waals surface area (Å²) >= 11 is 0. The first-order chi connectivity index (χ1) is 25.1. The van der Waals surface area contributed by atoms with E-state index in [4.69, 9.17) is 10.5 Å². The van der Waals surface area contributed by atoms with Crippen LogP contribution in [-0.2, 0) is 27.3 Å². The Morgan fingerprint density at radius 1 is 0.865 bits per heavy atom. The summed E-state index contributed by atoms with van der Waals surface area (Å²) in [5, 5.41) is 14.5. The van der Waals surface area contributed by atoms with Gasteiger partial charge < -0.3 is 20.3 Å². The number of tetrazole rings is 1. The molecule has 2 fully saturated rings. The van der Waals surface area contributed by atoms with Crippen molar-refractivity contribution in [1.82, 2.24) is 30.4 Å². The first kappa shape index (κ1) is 36.7. The quantitative estimate of drug-likeness (QED) is 0.248. The van der Waals surface area contributed by atoms with Gasteiger partial charge in [0.2, 0.25) is 17.6 Å². The molecule has 4 heterocycles. The summed E-state index contributed by atoms with van der Waals surface area (Å²) in [4.78, 5) is 43.2. The van der Waals surface area contributed by atoms with Crippen molar-refractivity contribution in [2.24, 2.45) is 11.7 Å². The molecule has 7 rings (SSSR count). The number of ether oxygens (including phenoxy) is 1. The second-order valence-corrected chi connectivity index (χ2v) is 14.8. The normalized spacial score (nSPS) is 18.5. The number of nitrogens with zero attached hydrogens (tertiary/aromatic N) is 6. The molecule has 0 bridgehead atoms. The van der Waals surface area contributed by atoms with E-state index in [2.05, 4.69) is 55.9 Å². The lowest BCUT2D eigenvalue weighted by atomic mass is 9.94. The van der Waals surface area contributed by atoms with Crippen LogP contribution in [0.15, 0.2) is 72.8 Å². The number of piperidine rings is 2. The number of aromatic amines is 1. The van der Waals surface area contributed by atoms with Crippen molar-refractivity contribution in [1.29, 1.82) is 0 Å². The van der Waals surface area contributed by atoms with Crippen LogP contribution in [0.5, 0.6) is 0 Å². The van der Waals surface area contributed by atoms with Gasteiger partial charge in [-0.3, -0.25) is 14.5 Å². The Kier molecular flexibility index (Phi) is 11.6. The van der Waals surface area contributed by atoms with Gasteiger partial charge in [-0.2, -0.15) is 5.21 Å². The molecule has 12 heteroatoms. The lowest BCUT2D eigenvalue weighted by Gasteiger charge is -2.37. The topological polar surface area (TPSA) is 151 Å². The number of H-pyrrole nitrogens is 1. The lowest BCUT2D eigenvalue weighted by molar-refractivity contribution is -0.126. The number of primary amides is 1. The molecule has 1 atom stereocenters. The Balaban J connectivity index is 0.000000303. The molecule has 1 unspecified atom stereocenters. The third-order valence-electron chi connectivity index (χ3n) is 10.0. The van der Waals surface area contributed by atoms with E-state index in [1.54, 1.807) is 4.90 Å². The van der Waals surface area contributed by atoms with Crippen molar-refractivity contribution in [2.75, 3.05) is 31.1 Å². The second-order valence-electron chi connectivity index (χ2n) is 14.8. The van der Waals surface area contributed by atoms with E-state index in [-0.39, 0.29) is 35.5 Å². The van der Waals surface area contributed by atoms with Gasteiger partial charge in [-0.15, -0.1) is 10.2 Å². The number of para-hydroxylation sites is 1. The predicted molar refractivity (Wildman–Crippen MR) is 200 cm³/mol. The molecule has 52 heavy (non-hydrogen) atoms. The average Bonchev–Trinajstić information content (AvgIpc) is 3.66. The molecular formula is C40H50N8O4. The minimum absolute atomic E-state index is 0.0980. The van der Waals surface area contributed by atoms with Crippen LogP contribution in [0.1, 0.15) is 70.4 Å². The van der Waals surface area contributed by atoms with E-state index < -0.39 is 0 Å². The van der Waals surface area contributed by atoms with E-state index in [0.717, 1.165) is 66.7 Å². The smallest absolute Gasteiger partial charge is 0.410 e. The predicted octanol–water partition coefficient (Wildman–Crippen LogP) is 5.99. The molecule has 274 valence electrons. The number of hydrogen-bond donors (Lipinski definition) is 2. The summed E-state index contributed by atoms with van der Waals surface area (Å²) in [6.07, 6.45) is 6.31. The first-order valence-corrected chi connectivity index (χ1v) is 18.4. The van der Waals surface area contributed by atoms with Crippen LogP contribution in [0.2, 0.25) is 0 Å². The summed E-state index contributed by atoms with van der Waals surface area (Å²) in [5.41, 5.74) is 11.3. The van der Waals surface area contributed by atoms with Crippen LogP contribution in [-0.4, -0.2) is 86.2 Å². The number of amides is 3. The fourth-order valence-electron chi connectivity index (χ4n) is 7.28. The molecule has 0 saturated carbocycles. The van der Waals surface area contributed by atoms with E-state index >= 15 is 0 Å². The van der Waals surface area contributed by atoms with Crippen LogP contribution in [0.4, 0.5) is 10.5 Å². The molecule has 3 amide bonds. The van der Waals surface area contributed by atoms with Gasteiger partial charge in [0.05, 0.1) is 12.6 Å². The third-order valence-corrected chi connectivity index (χ3v) is 10.0. The Bertz CT molecular complexity index is 1810. The Morgan fingerprint density at radius 2 is 1.54 bits per heavy atom.